The minimum atomic E-state index is 0. The number of hydrogen-bond donors (Lipinski definition) is 1. The van der Waals surface area contributed by atoms with Gasteiger partial charge in [-0.25, -0.2) is 0 Å². The second-order valence-electron chi connectivity index (χ2n) is 1.43. The van der Waals surface area contributed by atoms with E-state index in [4.69, 9.17) is 5.11 Å². The molecule has 0 spiro atoms. The van der Waals surface area contributed by atoms with Crippen molar-refractivity contribution in [3.8, 4) is 0 Å². The van der Waals surface area contributed by atoms with Crippen LogP contribution in [0.2, 0.25) is 0 Å². The van der Waals surface area contributed by atoms with Gasteiger partial charge >= 0.3 is 0 Å². The van der Waals surface area contributed by atoms with Crippen LogP contribution in [0, 0.1) is 0 Å². The standard InChI is InChI=1S/C5H12O.Cr/c1-2-3-4-5-6;/h6H,2-5H2,1H3;. The largest absolute Gasteiger partial charge is 0.396 e. The maximum Gasteiger partial charge on any atom is 0.0431 e. The zero-order chi connectivity index (χ0) is 4.83. The molecule has 0 atom stereocenters. The van der Waals surface area contributed by atoms with E-state index in [0.717, 1.165) is 12.8 Å². The molecule has 0 heterocycles. The first-order chi connectivity index (χ1) is 2.91. The van der Waals surface area contributed by atoms with Crippen LogP contribution in [0.15, 0.2) is 0 Å². The van der Waals surface area contributed by atoms with Gasteiger partial charge in [-0.2, -0.15) is 0 Å². The maximum atomic E-state index is 8.20. The Bertz CT molecular complexity index is 20.0. The monoisotopic (exact) mass is 140 g/mol. The van der Waals surface area contributed by atoms with Crippen molar-refractivity contribution in [1.82, 2.24) is 0 Å². The van der Waals surface area contributed by atoms with Crippen molar-refractivity contribution < 1.29 is 22.5 Å². The molecular weight excluding hydrogens is 128 g/mol. The second kappa shape index (κ2) is 9.70. The van der Waals surface area contributed by atoms with Gasteiger partial charge < -0.3 is 5.11 Å². The zero-order valence-corrected chi connectivity index (χ0v) is 5.96. The van der Waals surface area contributed by atoms with Gasteiger partial charge in [-0.15, -0.1) is 0 Å². The van der Waals surface area contributed by atoms with Crippen molar-refractivity contribution in [2.75, 3.05) is 6.61 Å². The first-order valence-corrected chi connectivity index (χ1v) is 2.52. The molecular formula is C5H12CrO. The summed E-state index contributed by atoms with van der Waals surface area (Å²) in [6.45, 7) is 2.48. The van der Waals surface area contributed by atoms with Crippen molar-refractivity contribution in [3.63, 3.8) is 0 Å². The number of rotatable bonds is 3. The van der Waals surface area contributed by atoms with Gasteiger partial charge in [0.1, 0.15) is 0 Å². The number of aliphatic hydroxyl groups excluding tert-OH is 1. The van der Waals surface area contributed by atoms with E-state index in [1.807, 2.05) is 0 Å². The van der Waals surface area contributed by atoms with Crippen LogP contribution in [0.1, 0.15) is 26.2 Å². The van der Waals surface area contributed by atoms with Crippen LogP contribution in [0.25, 0.3) is 0 Å². The van der Waals surface area contributed by atoms with Gasteiger partial charge in [-0.1, -0.05) is 19.8 Å². The molecule has 0 aliphatic rings. The molecule has 0 radical (unpaired) electrons. The van der Waals surface area contributed by atoms with E-state index in [2.05, 4.69) is 6.92 Å². The Labute approximate surface area is 55.9 Å². The molecule has 0 rings (SSSR count). The normalized spacial score (nSPS) is 7.71. The summed E-state index contributed by atoms with van der Waals surface area (Å²) < 4.78 is 0. The predicted octanol–water partition coefficient (Wildman–Crippen LogP) is 1.17. The molecule has 0 fully saturated rings. The first kappa shape index (κ1) is 10.5. The zero-order valence-electron chi connectivity index (χ0n) is 4.68. The smallest absolute Gasteiger partial charge is 0.0431 e. The van der Waals surface area contributed by atoms with E-state index < -0.39 is 0 Å². The molecule has 2 heteroatoms. The van der Waals surface area contributed by atoms with Crippen LogP contribution in [0.4, 0.5) is 0 Å². The quantitative estimate of drug-likeness (QED) is 0.583. The predicted molar refractivity (Wildman–Crippen MR) is 26.6 cm³/mol. The summed E-state index contributed by atoms with van der Waals surface area (Å²) in [5, 5.41) is 8.20. The summed E-state index contributed by atoms with van der Waals surface area (Å²) in [6, 6.07) is 0. The molecule has 1 nitrogen and oxygen atoms in total. The number of hydrogen-bond acceptors (Lipinski definition) is 1. The molecule has 44 valence electrons. The van der Waals surface area contributed by atoms with Gasteiger partial charge in [0.15, 0.2) is 0 Å². The van der Waals surface area contributed by atoms with Crippen LogP contribution in [0.5, 0.6) is 0 Å². The van der Waals surface area contributed by atoms with Crippen LogP contribution in [0.3, 0.4) is 0 Å². The molecule has 0 aromatic heterocycles. The van der Waals surface area contributed by atoms with E-state index in [1.54, 1.807) is 0 Å². The number of unbranched alkanes of at least 4 members (excludes halogenated alkanes) is 2. The molecule has 0 saturated heterocycles. The van der Waals surface area contributed by atoms with Crippen LogP contribution in [-0.4, -0.2) is 11.7 Å². The summed E-state index contributed by atoms with van der Waals surface area (Å²) in [6.07, 6.45) is 3.33. The molecule has 1 N–H and O–H groups in total. The molecule has 0 unspecified atom stereocenters. The van der Waals surface area contributed by atoms with Crippen molar-refractivity contribution in [2.45, 2.75) is 26.2 Å². The molecule has 0 aliphatic heterocycles. The van der Waals surface area contributed by atoms with Gasteiger partial charge in [0.2, 0.25) is 0 Å². The minimum absolute atomic E-state index is 0. The Morgan fingerprint density at radius 1 is 1.29 bits per heavy atom. The average Bonchev–Trinajstić information content (AvgIpc) is 1.61. The topological polar surface area (TPSA) is 20.2 Å². The fraction of sp³-hybridized carbons (Fsp3) is 1.00. The Morgan fingerprint density at radius 2 is 1.86 bits per heavy atom. The van der Waals surface area contributed by atoms with E-state index >= 15 is 0 Å². The molecule has 0 aromatic carbocycles. The second-order valence-corrected chi connectivity index (χ2v) is 1.43. The van der Waals surface area contributed by atoms with Crippen LogP contribution in [-0.2, 0) is 17.4 Å². The average molecular weight is 140 g/mol. The van der Waals surface area contributed by atoms with Gasteiger partial charge in [-0.3, -0.25) is 0 Å². The Morgan fingerprint density at radius 3 is 2.00 bits per heavy atom. The van der Waals surface area contributed by atoms with Crippen LogP contribution < -0.4 is 0 Å². The third kappa shape index (κ3) is 10.7. The van der Waals surface area contributed by atoms with Gasteiger partial charge in [0, 0.05) is 24.0 Å². The molecule has 0 aromatic rings. The summed E-state index contributed by atoms with van der Waals surface area (Å²) in [5.41, 5.74) is 0. The third-order valence-corrected chi connectivity index (χ3v) is 0.762. The molecule has 0 bridgehead atoms. The summed E-state index contributed by atoms with van der Waals surface area (Å²) in [5.74, 6) is 0. The molecule has 0 aliphatic carbocycles. The maximum absolute atomic E-state index is 8.20. The van der Waals surface area contributed by atoms with E-state index in [9.17, 15) is 0 Å². The van der Waals surface area contributed by atoms with Gasteiger partial charge in [0.25, 0.3) is 0 Å². The van der Waals surface area contributed by atoms with E-state index in [-0.39, 0.29) is 17.4 Å². The Kier molecular flexibility index (Phi) is 14.5. The Hall–Kier alpha value is 0.492. The molecule has 7 heavy (non-hydrogen) atoms. The summed E-state index contributed by atoms with van der Waals surface area (Å²) >= 11 is 0. The van der Waals surface area contributed by atoms with Crippen molar-refractivity contribution in [1.29, 1.82) is 0 Å². The van der Waals surface area contributed by atoms with Crippen LogP contribution >= 0.6 is 0 Å². The van der Waals surface area contributed by atoms with E-state index in [0.29, 0.717) is 6.61 Å². The first-order valence-electron chi connectivity index (χ1n) is 2.52. The van der Waals surface area contributed by atoms with Gasteiger partial charge in [0.05, 0.1) is 0 Å². The van der Waals surface area contributed by atoms with Crippen molar-refractivity contribution >= 4 is 0 Å². The van der Waals surface area contributed by atoms with Crippen molar-refractivity contribution in [2.24, 2.45) is 0 Å². The number of aliphatic hydroxyl groups is 1. The summed E-state index contributed by atoms with van der Waals surface area (Å²) in [7, 11) is 0. The van der Waals surface area contributed by atoms with E-state index in [1.165, 1.54) is 6.42 Å². The molecule has 0 amide bonds. The Balaban J connectivity index is 0. The molecule has 0 saturated carbocycles. The minimum Gasteiger partial charge on any atom is -0.396 e. The fourth-order valence-electron chi connectivity index (χ4n) is 0.362. The summed E-state index contributed by atoms with van der Waals surface area (Å²) in [4.78, 5) is 0. The SMILES string of the molecule is CCCCCO.[Cr]. The van der Waals surface area contributed by atoms with Crippen molar-refractivity contribution in [3.05, 3.63) is 0 Å². The fourth-order valence-corrected chi connectivity index (χ4v) is 0.362. The van der Waals surface area contributed by atoms with Gasteiger partial charge in [-0.05, 0) is 6.42 Å². The third-order valence-electron chi connectivity index (χ3n) is 0.762.